The fourth-order valence-corrected chi connectivity index (χ4v) is 0.317. The second kappa shape index (κ2) is 10.1. The minimum Gasteiger partial charge on any atom is -0.106 e. The van der Waals surface area contributed by atoms with Crippen molar-refractivity contribution in [1.82, 2.24) is 0 Å². The molecule has 0 saturated carbocycles. The van der Waals surface area contributed by atoms with E-state index in [9.17, 15) is 0 Å². The van der Waals surface area contributed by atoms with Crippen LogP contribution in [-0.2, 0) is 0 Å². The summed E-state index contributed by atoms with van der Waals surface area (Å²) in [5.41, 5.74) is 0. The fourth-order valence-electron chi connectivity index (χ4n) is 0.317. The van der Waals surface area contributed by atoms with Crippen molar-refractivity contribution in [2.75, 3.05) is 0 Å². The molecule has 0 spiro atoms. The Hall–Kier alpha value is -2.86. The van der Waals surface area contributed by atoms with E-state index in [1.54, 1.807) is 0 Å². The molecule has 0 aliphatic rings. The van der Waals surface area contributed by atoms with Gasteiger partial charge in [0, 0.05) is 0 Å². The van der Waals surface area contributed by atoms with Gasteiger partial charge in [-0.2, -0.15) is 0 Å². The number of rotatable bonds is 0. The first-order valence-corrected chi connectivity index (χ1v) is 3.29. The van der Waals surface area contributed by atoms with Gasteiger partial charge in [-0.15, -0.1) is 6.42 Å². The summed E-state index contributed by atoms with van der Waals surface area (Å²) in [6, 6.07) is 0. The average Bonchev–Trinajstić information content (AvgIpc) is 2.21. The molecule has 0 bridgehead atoms. The molecule has 0 heteroatoms. The van der Waals surface area contributed by atoms with E-state index in [-0.39, 0.29) is 0 Å². The Labute approximate surface area is 84.5 Å². The first-order chi connectivity index (χ1) is 6.91. The maximum absolute atomic E-state index is 6.43. The van der Waals surface area contributed by atoms with Gasteiger partial charge in [0.1, 0.15) is 0 Å². The summed E-state index contributed by atoms with van der Waals surface area (Å²) in [7, 11) is 0. The Bertz CT molecular complexity index is 521. The maximum atomic E-state index is 6.43. The third-order valence-corrected chi connectivity index (χ3v) is 0.697. The summed E-state index contributed by atoms with van der Waals surface area (Å²) in [6.07, 6.45) is 11.3. The topological polar surface area (TPSA) is 0 Å². The molecule has 0 N–H and O–H groups in total. The van der Waals surface area contributed by atoms with Crippen LogP contribution in [0.4, 0.5) is 0 Å². The first-order valence-electron chi connectivity index (χ1n) is 3.29. The average molecular weight is 169 g/mol. The van der Waals surface area contributed by atoms with Crippen LogP contribution in [0.2, 0.25) is 0 Å². The molecule has 0 unspecified atom stereocenters. The molecule has 0 heterocycles. The van der Waals surface area contributed by atoms with E-state index in [0.29, 0.717) is 0 Å². The zero-order valence-electron chi connectivity index (χ0n) is 7.08. The van der Waals surface area contributed by atoms with Gasteiger partial charge in [-0.3, -0.25) is 0 Å². The Kier molecular flexibility index (Phi) is 8.07. The van der Waals surface area contributed by atoms with Crippen molar-refractivity contribution in [2.45, 2.75) is 0 Å². The van der Waals surface area contributed by atoms with Gasteiger partial charge in [0.25, 0.3) is 0 Å². The predicted octanol–water partition coefficient (Wildman–Crippen LogP) is 0.226. The van der Waals surface area contributed by atoms with Gasteiger partial charge in [-0.1, -0.05) is 0 Å². The SMILES string of the molecule is [C+]#CC#CC#CC#CC#CC#CC#C. The Balaban J connectivity index is 4.20. The fraction of sp³-hybridized carbons (Fsp3) is 0. The normalized spacial score (nSPS) is 3.79. The minimum absolute atomic E-state index is 1.87. The van der Waals surface area contributed by atoms with Crippen LogP contribution in [0.1, 0.15) is 0 Å². The number of terminal acetylenes is 1. The van der Waals surface area contributed by atoms with Gasteiger partial charge in [0.2, 0.25) is 0 Å². The number of hydrogen-bond acceptors (Lipinski definition) is 0. The molecule has 0 nitrogen and oxygen atoms in total. The third kappa shape index (κ3) is 9.14. The third-order valence-electron chi connectivity index (χ3n) is 0.697. The predicted molar refractivity (Wildman–Crippen MR) is 54.8 cm³/mol. The van der Waals surface area contributed by atoms with Crippen LogP contribution >= 0.6 is 0 Å². The smallest absolute Gasteiger partial charge is 0.106 e. The van der Waals surface area contributed by atoms with Gasteiger partial charge in [0.15, 0.2) is 0 Å². The summed E-state index contributed by atoms with van der Waals surface area (Å²) in [5.74, 6) is 27.7. The summed E-state index contributed by atoms with van der Waals surface area (Å²) in [6.45, 7) is 0. The summed E-state index contributed by atoms with van der Waals surface area (Å²) < 4.78 is 0. The van der Waals surface area contributed by atoms with E-state index in [4.69, 9.17) is 12.8 Å². The van der Waals surface area contributed by atoms with Gasteiger partial charge in [0.05, 0.1) is 0 Å². The van der Waals surface area contributed by atoms with Gasteiger partial charge < -0.3 is 0 Å². The van der Waals surface area contributed by atoms with Gasteiger partial charge in [-0.05, 0) is 0 Å². The number of hydrogen-bond donors (Lipinski definition) is 0. The zero-order valence-corrected chi connectivity index (χ0v) is 7.08. The Morgan fingerprint density at radius 1 is 0.571 bits per heavy atom. The molecule has 0 rings (SSSR count). The van der Waals surface area contributed by atoms with Crippen LogP contribution < -0.4 is 0 Å². The van der Waals surface area contributed by atoms with Crippen molar-refractivity contribution in [3.8, 4) is 77.5 Å². The molecule has 0 aliphatic heterocycles. The summed E-state index contributed by atoms with van der Waals surface area (Å²) in [4.78, 5) is 0. The van der Waals surface area contributed by atoms with Crippen molar-refractivity contribution < 1.29 is 0 Å². The Morgan fingerprint density at radius 3 is 1.29 bits per heavy atom. The van der Waals surface area contributed by atoms with Gasteiger partial charge >= 0.3 is 77.5 Å². The molecule has 0 atom stereocenters. The molecular weight excluding hydrogens is 168 g/mol. The Morgan fingerprint density at radius 2 is 0.929 bits per heavy atom. The molecule has 0 aromatic rings. The van der Waals surface area contributed by atoms with E-state index in [2.05, 4.69) is 65.1 Å². The summed E-state index contributed by atoms with van der Waals surface area (Å²) >= 11 is 0. The van der Waals surface area contributed by atoms with Crippen molar-refractivity contribution in [2.24, 2.45) is 0 Å². The van der Waals surface area contributed by atoms with E-state index in [1.807, 2.05) is 5.92 Å². The molecule has 0 aromatic heterocycles. The molecular formula is C14H+. The first kappa shape index (κ1) is 11.1. The van der Waals surface area contributed by atoms with Crippen molar-refractivity contribution in [3.05, 3.63) is 6.42 Å². The van der Waals surface area contributed by atoms with Crippen LogP contribution in [0, 0.1) is 83.9 Å². The van der Waals surface area contributed by atoms with Crippen molar-refractivity contribution in [3.63, 3.8) is 0 Å². The van der Waals surface area contributed by atoms with Crippen LogP contribution in [0.15, 0.2) is 0 Å². The second-order valence-corrected chi connectivity index (χ2v) is 1.52. The second-order valence-electron chi connectivity index (χ2n) is 1.52. The molecule has 0 fully saturated rings. The quantitative estimate of drug-likeness (QED) is 0.359. The molecule has 56 valence electrons. The van der Waals surface area contributed by atoms with Crippen LogP contribution in [0.25, 0.3) is 0 Å². The van der Waals surface area contributed by atoms with Crippen LogP contribution in [0.5, 0.6) is 0 Å². The molecule has 0 amide bonds. The summed E-state index contributed by atoms with van der Waals surface area (Å²) in [5, 5.41) is 0. The van der Waals surface area contributed by atoms with Crippen LogP contribution in [0.3, 0.4) is 0 Å². The van der Waals surface area contributed by atoms with E-state index in [1.165, 1.54) is 0 Å². The minimum atomic E-state index is 1.87. The van der Waals surface area contributed by atoms with E-state index in [0.717, 1.165) is 0 Å². The molecule has 0 saturated heterocycles. The molecule has 0 radical (unpaired) electrons. The van der Waals surface area contributed by atoms with E-state index < -0.39 is 0 Å². The molecule has 0 aliphatic carbocycles. The van der Waals surface area contributed by atoms with Crippen molar-refractivity contribution in [1.29, 1.82) is 0 Å². The molecule has 14 heavy (non-hydrogen) atoms. The zero-order chi connectivity index (χ0) is 10.5. The monoisotopic (exact) mass is 169 g/mol. The van der Waals surface area contributed by atoms with E-state index >= 15 is 0 Å². The molecule has 0 aromatic carbocycles. The van der Waals surface area contributed by atoms with Gasteiger partial charge in [-0.25, -0.2) is 0 Å². The van der Waals surface area contributed by atoms with Crippen LogP contribution in [-0.4, -0.2) is 0 Å². The standard InChI is InChI=1S/C14H/c1-3-5-7-9-11-13-14-12-10-8-6-4-2/h1H/q+1. The van der Waals surface area contributed by atoms with Crippen molar-refractivity contribution >= 4 is 0 Å².